The van der Waals surface area contributed by atoms with Gasteiger partial charge >= 0.3 is 6.01 Å². The van der Waals surface area contributed by atoms with E-state index in [0.29, 0.717) is 11.5 Å². The van der Waals surface area contributed by atoms with Crippen molar-refractivity contribution in [2.75, 3.05) is 7.11 Å². The molecule has 0 atom stereocenters. The third-order valence-corrected chi connectivity index (χ3v) is 2.16. The smallest absolute Gasteiger partial charge is 0.318 e. The Morgan fingerprint density at radius 3 is 3.07 bits per heavy atom. The van der Waals surface area contributed by atoms with Crippen LogP contribution in [0.3, 0.4) is 0 Å². The van der Waals surface area contributed by atoms with Crippen LogP contribution < -0.4 is 10.3 Å². The first-order valence-electron chi connectivity index (χ1n) is 4.40. The Morgan fingerprint density at radius 1 is 1.64 bits per heavy atom. The maximum Gasteiger partial charge on any atom is 0.318 e. The number of hydrogen-bond acceptors (Lipinski definition) is 3. The maximum absolute atomic E-state index is 11.4. The van der Waals surface area contributed by atoms with Crippen molar-refractivity contribution < 1.29 is 4.74 Å². The number of aryl methyl sites for hydroxylation is 1. The van der Waals surface area contributed by atoms with Gasteiger partial charge in [0, 0.05) is 6.20 Å². The Hall–Kier alpha value is -1.78. The molecule has 2 aromatic rings. The molecule has 0 unspecified atom stereocenters. The molecule has 0 amide bonds. The highest BCUT2D eigenvalue weighted by molar-refractivity contribution is 5.49. The summed E-state index contributed by atoms with van der Waals surface area (Å²) in [4.78, 5) is 11.4. The van der Waals surface area contributed by atoms with Crippen molar-refractivity contribution in [1.29, 1.82) is 0 Å². The minimum Gasteiger partial charge on any atom is -0.467 e. The number of fused-ring (bicyclic) bond motifs is 1. The third-order valence-electron chi connectivity index (χ3n) is 2.16. The van der Waals surface area contributed by atoms with Crippen LogP contribution in [0.4, 0.5) is 0 Å². The monoisotopic (exact) mass is 193 g/mol. The predicted molar refractivity (Wildman–Crippen MR) is 51.7 cm³/mol. The highest BCUT2D eigenvalue weighted by atomic mass is 16.5. The molecule has 0 radical (unpaired) electrons. The number of rotatable bonds is 2. The number of methoxy groups -OCH3 is 1. The lowest BCUT2D eigenvalue weighted by atomic mass is 10.3. The van der Waals surface area contributed by atoms with E-state index < -0.39 is 0 Å². The molecular weight excluding hydrogens is 182 g/mol. The van der Waals surface area contributed by atoms with E-state index in [0.717, 1.165) is 12.0 Å². The van der Waals surface area contributed by atoms with Crippen LogP contribution in [0.25, 0.3) is 5.52 Å². The molecule has 0 spiro atoms. The molecule has 14 heavy (non-hydrogen) atoms. The van der Waals surface area contributed by atoms with Gasteiger partial charge in [-0.3, -0.25) is 9.20 Å². The zero-order valence-electron chi connectivity index (χ0n) is 8.07. The van der Waals surface area contributed by atoms with Crippen molar-refractivity contribution in [2.24, 2.45) is 0 Å². The number of ether oxygens (including phenoxy) is 1. The van der Waals surface area contributed by atoms with Crippen LogP contribution in [0.1, 0.15) is 12.5 Å². The standard InChI is InChI=1S/C9H11N3O2/c1-3-6-4-7-8(13)10-11-9(14-2)12(7)5-6/h4-5H,3H2,1-2H3,(H,10,13). The van der Waals surface area contributed by atoms with E-state index in [1.54, 1.807) is 4.40 Å². The lowest BCUT2D eigenvalue weighted by molar-refractivity contribution is 0.367. The Kier molecular flexibility index (Phi) is 1.99. The first kappa shape index (κ1) is 8.80. The Morgan fingerprint density at radius 2 is 2.43 bits per heavy atom. The van der Waals surface area contributed by atoms with Crippen molar-refractivity contribution >= 4 is 5.52 Å². The van der Waals surface area contributed by atoms with Gasteiger partial charge in [-0.2, -0.15) is 0 Å². The Labute approximate surface area is 80.3 Å². The van der Waals surface area contributed by atoms with E-state index in [1.807, 2.05) is 19.2 Å². The van der Waals surface area contributed by atoms with Crippen molar-refractivity contribution in [3.05, 3.63) is 28.2 Å². The van der Waals surface area contributed by atoms with Gasteiger partial charge in [0.05, 0.1) is 7.11 Å². The average molecular weight is 193 g/mol. The molecule has 0 aromatic carbocycles. The zero-order chi connectivity index (χ0) is 10.1. The van der Waals surface area contributed by atoms with Gasteiger partial charge in [-0.25, -0.2) is 5.10 Å². The van der Waals surface area contributed by atoms with Crippen LogP contribution >= 0.6 is 0 Å². The molecule has 2 heterocycles. The van der Waals surface area contributed by atoms with E-state index in [4.69, 9.17) is 4.74 Å². The van der Waals surface area contributed by atoms with Crippen LogP contribution in [0.5, 0.6) is 6.01 Å². The molecule has 1 N–H and O–H groups in total. The molecule has 5 nitrogen and oxygen atoms in total. The second-order valence-electron chi connectivity index (χ2n) is 3.00. The summed E-state index contributed by atoms with van der Waals surface area (Å²) in [6.45, 7) is 2.03. The molecule has 2 rings (SSSR count). The molecule has 0 aliphatic heterocycles. The van der Waals surface area contributed by atoms with Gasteiger partial charge in [0.25, 0.3) is 5.56 Å². The molecule has 5 heteroatoms. The number of nitrogens with one attached hydrogen (secondary N) is 1. The summed E-state index contributed by atoms with van der Waals surface area (Å²) in [5.41, 5.74) is 1.45. The van der Waals surface area contributed by atoms with Crippen molar-refractivity contribution in [3.63, 3.8) is 0 Å². The van der Waals surface area contributed by atoms with E-state index in [1.165, 1.54) is 7.11 Å². The predicted octanol–water partition coefficient (Wildman–Crippen LogP) is 0.594. The maximum atomic E-state index is 11.4. The fourth-order valence-electron chi connectivity index (χ4n) is 1.40. The largest absolute Gasteiger partial charge is 0.467 e. The second-order valence-corrected chi connectivity index (χ2v) is 3.00. The molecule has 74 valence electrons. The van der Waals surface area contributed by atoms with Gasteiger partial charge in [-0.15, -0.1) is 5.10 Å². The number of hydrogen-bond donors (Lipinski definition) is 1. The van der Waals surface area contributed by atoms with Crippen LogP contribution in [0.2, 0.25) is 0 Å². The summed E-state index contributed by atoms with van der Waals surface area (Å²) in [6, 6.07) is 2.22. The molecule has 0 bridgehead atoms. The van der Waals surface area contributed by atoms with Crippen molar-refractivity contribution in [2.45, 2.75) is 13.3 Å². The van der Waals surface area contributed by atoms with E-state index in [-0.39, 0.29) is 5.56 Å². The van der Waals surface area contributed by atoms with Crippen LogP contribution in [0.15, 0.2) is 17.1 Å². The van der Waals surface area contributed by atoms with Crippen molar-refractivity contribution in [3.8, 4) is 6.01 Å². The normalized spacial score (nSPS) is 10.7. The van der Waals surface area contributed by atoms with Gasteiger partial charge < -0.3 is 4.74 Å². The van der Waals surface area contributed by atoms with E-state index in [2.05, 4.69) is 10.2 Å². The van der Waals surface area contributed by atoms with E-state index >= 15 is 0 Å². The first-order chi connectivity index (χ1) is 6.76. The number of H-pyrrole nitrogens is 1. The highest BCUT2D eigenvalue weighted by Gasteiger charge is 2.07. The minimum absolute atomic E-state index is 0.203. The Balaban J connectivity index is 2.81. The van der Waals surface area contributed by atoms with E-state index in [9.17, 15) is 4.79 Å². The molecule has 0 fully saturated rings. The Bertz CT molecular complexity index is 512. The van der Waals surface area contributed by atoms with Crippen LogP contribution in [0, 0.1) is 0 Å². The summed E-state index contributed by atoms with van der Waals surface area (Å²) in [5, 5.41) is 6.16. The summed E-state index contributed by atoms with van der Waals surface area (Å²) in [6.07, 6.45) is 2.74. The number of nitrogens with zero attached hydrogens (tertiary/aromatic N) is 2. The van der Waals surface area contributed by atoms with Gasteiger partial charge in [0.1, 0.15) is 5.52 Å². The number of aromatic amines is 1. The minimum atomic E-state index is -0.203. The van der Waals surface area contributed by atoms with Gasteiger partial charge in [-0.1, -0.05) is 6.92 Å². The van der Waals surface area contributed by atoms with Crippen LogP contribution in [-0.2, 0) is 6.42 Å². The summed E-state index contributed by atoms with van der Waals surface area (Å²) >= 11 is 0. The molecule has 0 saturated heterocycles. The van der Waals surface area contributed by atoms with Crippen molar-refractivity contribution in [1.82, 2.24) is 14.6 Å². The lowest BCUT2D eigenvalue weighted by Crippen LogP contribution is -2.12. The topological polar surface area (TPSA) is 59.4 Å². The lowest BCUT2D eigenvalue weighted by Gasteiger charge is -2.00. The molecule has 2 aromatic heterocycles. The molecule has 0 aliphatic carbocycles. The fourth-order valence-corrected chi connectivity index (χ4v) is 1.40. The molecule has 0 aliphatic rings. The summed E-state index contributed by atoms with van der Waals surface area (Å²) in [5.74, 6) is 0. The molecular formula is C9H11N3O2. The molecule has 0 saturated carbocycles. The van der Waals surface area contributed by atoms with Gasteiger partial charge in [-0.05, 0) is 18.1 Å². The third kappa shape index (κ3) is 1.17. The zero-order valence-corrected chi connectivity index (χ0v) is 8.07. The fraction of sp³-hybridized carbons (Fsp3) is 0.333. The van der Waals surface area contributed by atoms with Crippen LogP contribution in [-0.4, -0.2) is 21.7 Å². The second kappa shape index (κ2) is 3.17. The number of aromatic nitrogens is 3. The SMILES string of the molecule is CCc1cc2c(=O)[nH]nc(OC)n2c1. The average Bonchev–Trinajstić information content (AvgIpc) is 2.63. The van der Waals surface area contributed by atoms with Gasteiger partial charge in [0.2, 0.25) is 0 Å². The van der Waals surface area contributed by atoms with Gasteiger partial charge in [0.15, 0.2) is 0 Å². The quantitative estimate of drug-likeness (QED) is 0.759. The highest BCUT2D eigenvalue weighted by Crippen LogP contribution is 2.11. The summed E-state index contributed by atoms with van der Waals surface area (Å²) in [7, 11) is 1.52. The first-order valence-corrected chi connectivity index (χ1v) is 4.40. The summed E-state index contributed by atoms with van der Waals surface area (Å²) < 4.78 is 6.67.